The highest BCUT2D eigenvalue weighted by molar-refractivity contribution is 7.99. The number of ether oxygens (including phenoxy) is 1. The number of aliphatic hydroxyl groups is 1. The minimum absolute atomic E-state index is 0.00788. The number of pyridine rings is 1. The lowest BCUT2D eigenvalue weighted by Gasteiger charge is -2.36. The number of piperazine rings is 1. The highest BCUT2D eigenvalue weighted by Gasteiger charge is 2.24. The number of H-pyrrole nitrogens is 1. The molecule has 0 amide bonds. The van der Waals surface area contributed by atoms with Crippen molar-refractivity contribution in [2.45, 2.75) is 38.0 Å². The number of carbonyl (C=O) groups is 2. The lowest BCUT2D eigenvalue weighted by molar-refractivity contribution is -0.120. The first kappa shape index (κ1) is 26.6. The number of halogens is 1. The van der Waals surface area contributed by atoms with E-state index in [4.69, 9.17) is 4.74 Å². The minimum Gasteiger partial charge on any atom is -0.507 e. The number of fused-ring (bicyclic) bond motifs is 1. The molecule has 9 nitrogen and oxygen atoms in total. The number of nitrogens with one attached hydrogen (secondary N) is 1. The Labute approximate surface area is 206 Å². The molecule has 3 rings (SSSR count). The molecule has 0 atom stereocenters. The Morgan fingerprint density at radius 1 is 1.17 bits per heavy atom. The average Bonchev–Trinajstić information content (AvgIpc) is 2.77. The first-order valence-corrected chi connectivity index (χ1v) is 12.1. The van der Waals surface area contributed by atoms with Gasteiger partial charge in [-0.3, -0.25) is 14.5 Å². The number of carboxylic acid groups (broad SMARTS) is 1. The van der Waals surface area contributed by atoms with Crippen LogP contribution in [-0.4, -0.2) is 76.4 Å². The van der Waals surface area contributed by atoms with Crippen LogP contribution in [-0.2, 0) is 9.53 Å². The Balaban J connectivity index is 1.81. The molecule has 0 unspecified atom stereocenters. The fourth-order valence-electron chi connectivity index (χ4n) is 3.80. The van der Waals surface area contributed by atoms with Crippen molar-refractivity contribution in [2.75, 3.05) is 44.2 Å². The van der Waals surface area contributed by atoms with E-state index in [1.807, 2.05) is 23.6 Å². The van der Waals surface area contributed by atoms with Gasteiger partial charge in [-0.15, -0.1) is 11.8 Å². The van der Waals surface area contributed by atoms with Crippen LogP contribution in [0.15, 0.2) is 33.5 Å². The normalized spacial score (nSPS) is 15.4. The van der Waals surface area contributed by atoms with Crippen molar-refractivity contribution in [2.24, 2.45) is 0 Å². The smallest absolute Gasteiger partial charge is 0.342 e. The predicted octanol–water partition coefficient (Wildman–Crippen LogP) is 3.38. The van der Waals surface area contributed by atoms with Gasteiger partial charge in [-0.1, -0.05) is 13.8 Å². The lowest BCUT2D eigenvalue weighted by atomic mass is 10.1. The van der Waals surface area contributed by atoms with Gasteiger partial charge in [0, 0.05) is 36.8 Å². The summed E-state index contributed by atoms with van der Waals surface area (Å²) in [6, 6.07) is 2.64. The molecule has 0 radical (unpaired) electrons. The summed E-state index contributed by atoms with van der Waals surface area (Å²) in [6.07, 6.45) is 0. The fourth-order valence-corrected chi connectivity index (χ4v) is 4.74. The van der Waals surface area contributed by atoms with Crippen molar-refractivity contribution in [1.82, 2.24) is 9.88 Å². The van der Waals surface area contributed by atoms with E-state index in [1.165, 1.54) is 18.7 Å². The van der Waals surface area contributed by atoms with Crippen LogP contribution in [0.5, 0.6) is 0 Å². The molecule has 1 saturated heterocycles. The molecule has 2 heterocycles. The molecule has 35 heavy (non-hydrogen) atoms. The summed E-state index contributed by atoms with van der Waals surface area (Å²) < 4.78 is 20.3. The number of aromatic carboxylic acids is 1. The number of benzene rings is 1. The van der Waals surface area contributed by atoms with Gasteiger partial charge in [-0.05, 0) is 26.0 Å². The van der Waals surface area contributed by atoms with Crippen LogP contribution in [0.1, 0.15) is 38.1 Å². The number of carbonyl (C=O) groups excluding carboxylic acids is 1. The van der Waals surface area contributed by atoms with Gasteiger partial charge in [0.05, 0.1) is 22.8 Å². The molecular formula is C24H30FN3O6S. The van der Waals surface area contributed by atoms with Crippen molar-refractivity contribution < 1.29 is 28.9 Å². The summed E-state index contributed by atoms with van der Waals surface area (Å²) in [5, 5.41) is 20.1. The van der Waals surface area contributed by atoms with Crippen molar-refractivity contribution in [3.63, 3.8) is 0 Å². The number of rotatable bonds is 9. The standard InChI is InChI=1S/C24H30FN3O6S/c1-13(2)35-23-21(24(32)33)22(31)16-9-17(25)19(10-18(16)26-23)28-7-5-27(6-8-28)11-20(30)15(4)34-12-14(3)29/h9-10,13,30H,5-8,11-12H2,1-4H3,(H,26,31)(H,32,33)/b20-15-. The highest BCUT2D eigenvalue weighted by atomic mass is 32.2. The van der Waals surface area contributed by atoms with Crippen LogP contribution in [0, 0.1) is 5.82 Å². The third-order valence-electron chi connectivity index (χ3n) is 5.59. The summed E-state index contributed by atoms with van der Waals surface area (Å²) in [5.41, 5.74) is -0.403. The Kier molecular flexibility index (Phi) is 8.44. The summed E-state index contributed by atoms with van der Waals surface area (Å²) in [5.74, 6) is -1.76. The second-order valence-corrected chi connectivity index (χ2v) is 10.3. The molecule has 11 heteroatoms. The van der Waals surface area contributed by atoms with Gasteiger partial charge < -0.3 is 24.8 Å². The number of ketones is 1. The number of anilines is 1. The van der Waals surface area contributed by atoms with Gasteiger partial charge >= 0.3 is 5.97 Å². The molecule has 1 aliphatic rings. The number of nitrogens with zero attached hydrogens (tertiary/aromatic N) is 2. The number of aromatic nitrogens is 1. The van der Waals surface area contributed by atoms with Crippen LogP contribution < -0.4 is 10.3 Å². The van der Waals surface area contributed by atoms with E-state index >= 15 is 4.39 Å². The zero-order chi connectivity index (χ0) is 25.9. The van der Waals surface area contributed by atoms with Crippen LogP contribution in [0.3, 0.4) is 0 Å². The molecule has 3 N–H and O–H groups in total. The molecule has 0 bridgehead atoms. The van der Waals surface area contributed by atoms with Gasteiger partial charge in [-0.25, -0.2) is 9.18 Å². The van der Waals surface area contributed by atoms with Crippen molar-refractivity contribution in [1.29, 1.82) is 0 Å². The Morgan fingerprint density at radius 3 is 2.40 bits per heavy atom. The molecule has 190 valence electrons. The van der Waals surface area contributed by atoms with Crippen molar-refractivity contribution in [3.8, 4) is 0 Å². The van der Waals surface area contributed by atoms with E-state index in [0.29, 0.717) is 43.1 Å². The number of Topliss-reactive ketones (excluding diaryl/α,β-unsaturated/α-hetero) is 1. The Morgan fingerprint density at radius 2 is 1.83 bits per heavy atom. The Hall–Kier alpha value is -3.05. The monoisotopic (exact) mass is 507 g/mol. The second kappa shape index (κ2) is 11.1. The lowest BCUT2D eigenvalue weighted by Crippen LogP contribution is -2.47. The summed E-state index contributed by atoms with van der Waals surface area (Å²) in [4.78, 5) is 42.5. The van der Waals surface area contributed by atoms with E-state index in [9.17, 15) is 24.6 Å². The number of hydrogen-bond donors (Lipinski definition) is 3. The molecule has 1 aromatic heterocycles. The molecule has 1 fully saturated rings. The van der Waals surface area contributed by atoms with E-state index in [0.717, 1.165) is 6.07 Å². The van der Waals surface area contributed by atoms with Gasteiger partial charge in [-0.2, -0.15) is 0 Å². The number of thioether (sulfide) groups is 1. The molecule has 0 spiro atoms. The quantitative estimate of drug-likeness (QED) is 0.346. The molecule has 0 aliphatic carbocycles. The predicted molar refractivity (Wildman–Crippen MR) is 133 cm³/mol. The Bertz CT molecular complexity index is 1220. The zero-order valence-corrected chi connectivity index (χ0v) is 21.0. The average molecular weight is 508 g/mol. The van der Waals surface area contributed by atoms with Crippen molar-refractivity contribution >= 4 is 40.1 Å². The highest BCUT2D eigenvalue weighted by Crippen LogP contribution is 2.29. The number of aromatic amines is 1. The maximum Gasteiger partial charge on any atom is 0.342 e. The molecule has 0 saturated carbocycles. The number of aliphatic hydroxyl groups excluding tert-OH is 1. The van der Waals surface area contributed by atoms with Crippen molar-refractivity contribution in [3.05, 3.63) is 45.3 Å². The van der Waals surface area contributed by atoms with Gasteiger partial charge in [0.25, 0.3) is 0 Å². The maximum atomic E-state index is 15.0. The first-order valence-electron chi connectivity index (χ1n) is 11.3. The largest absolute Gasteiger partial charge is 0.507 e. The van der Waals surface area contributed by atoms with Crippen LogP contribution >= 0.6 is 11.8 Å². The van der Waals surface area contributed by atoms with E-state index < -0.39 is 17.2 Å². The third-order valence-corrected chi connectivity index (χ3v) is 6.60. The SMILES string of the molecule is CC(=O)CO/C(C)=C(\O)CN1CCN(c2cc3[nH]c(SC(C)C)c(C(=O)O)c(=O)c3cc2F)CC1. The van der Waals surface area contributed by atoms with Gasteiger partial charge in [0.1, 0.15) is 29.5 Å². The van der Waals surface area contributed by atoms with E-state index in [2.05, 4.69) is 4.98 Å². The number of allylic oxidation sites excluding steroid dienone is 1. The summed E-state index contributed by atoms with van der Waals surface area (Å²) in [7, 11) is 0. The topological polar surface area (TPSA) is 123 Å². The zero-order valence-electron chi connectivity index (χ0n) is 20.2. The number of carboxylic acids is 1. The van der Waals surface area contributed by atoms with E-state index in [-0.39, 0.29) is 45.9 Å². The maximum absolute atomic E-state index is 15.0. The van der Waals surface area contributed by atoms with Crippen LogP contribution in [0.2, 0.25) is 0 Å². The second-order valence-electron chi connectivity index (χ2n) is 8.74. The van der Waals surface area contributed by atoms with Gasteiger partial charge in [0.2, 0.25) is 5.43 Å². The summed E-state index contributed by atoms with van der Waals surface area (Å²) >= 11 is 1.23. The van der Waals surface area contributed by atoms with Crippen LogP contribution in [0.4, 0.5) is 10.1 Å². The minimum atomic E-state index is -1.35. The summed E-state index contributed by atoms with van der Waals surface area (Å²) in [6.45, 7) is 8.98. The third kappa shape index (κ3) is 6.34. The first-order chi connectivity index (χ1) is 16.5. The van der Waals surface area contributed by atoms with Gasteiger partial charge in [0.15, 0.2) is 5.78 Å². The van der Waals surface area contributed by atoms with Crippen LogP contribution in [0.25, 0.3) is 10.9 Å². The molecule has 2 aromatic rings. The fraction of sp³-hybridized carbons (Fsp3) is 0.458. The van der Waals surface area contributed by atoms with E-state index in [1.54, 1.807) is 13.0 Å². The molecular weight excluding hydrogens is 477 g/mol. The molecule has 1 aromatic carbocycles. The molecule has 1 aliphatic heterocycles. The number of hydrogen-bond acceptors (Lipinski definition) is 8.